The van der Waals surface area contributed by atoms with Crippen LogP contribution in [0.4, 0.5) is 0 Å². The lowest BCUT2D eigenvalue weighted by atomic mass is 9.85. The summed E-state index contributed by atoms with van der Waals surface area (Å²) in [4.78, 5) is 39.7. The summed E-state index contributed by atoms with van der Waals surface area (Å²) >= 11 is 0. The Bertz CT molecular complexity index is 1170. The van der Waals surface area contributed by atoms with Crippen molar-refractivity contribution in [3.63, 3.8) is 0 Å². The molecule has 0 aromatic heterocycles. The van der Waals surface area contributed by atoms with E-state index in [0.29, 0.717) is 49.7 Å². The molecule has 2 aromatic carbocycles. The van der Waals surface area contributed by atoms with Gasteiger partial charge >= 0.3 is 5.97 Å². The van der Waals surface area contributed by atoms with Crippen molar-refractivity contribution < 1.29 is 28.6 Å². The van der Waals surface area contributed by atoms with E-state index in [-0.39, 0.29) is 23.5 Å². The number of fused-ring (bicyclic) bond motifs is 1. The van der Waals surface area contributed by atoms with Crippen molar-refractivity contribution >= 4 is 17.5 Å². The highest BCUT2D eigenvalue weighted by molar-refractivity contribution is 6.03. The van der Waals surface area contributed by atoms with Crippen molar-refractivity contribution in [3.8, 4) is 11.5 Å². The Hall–Kier alpha value is -3.19. The minimum absolute atomic E-state index is 0.0355. The number of carbonyl (C=O) groups is 3. The van der Waals surface area contributed by atoms with E-state index in [2.05, 4.69) is 11.0 Å². The van der Waals surface area contributed by atoms with E-state index in [9.17, 15) is 14.4 Å². The molecule has 1 unspecified atom stereocenters. The van der Waals surface area contributed by atoms with Crippen LogP contribution in [0, 0.1) is 11.8 Å². The maximum absolute atomic E-state index is 13.1. The molecule has 0 amide bonds. The zero-order valence-electron chi connectivity index (χ0n) is 23.5. The number of likely N-dealkylation sites (tertiary alicyclic amines) is 1. The Morgan fingerprint density at radius 2 is 1.69 bits per heavy atom. The van der Waals surface area contributed by atoms with Crippen LogP contribution in [-0.2, 0) is 22.5 Å². The molecule has 0 saturated carbocycles. The van der Waals surface area contributed by atoms with E-state index in [1.807, 2.05) is 30.3 Å². The minimum Gasteiger partial charge on any atom is -0.493 e. The first-order chi connectivity index (χ1) is 18.9. The largest absolute Gasteiger partial charge is 0.493 e. The number of esters is 1. The predicted octanol–water partition coefficient (Wildman–Crippen LogP) is 5.67. The smallest absolute Gasteiger partial charge is 0.305 e. The van der Waals surface area contributed by atoms with Gasteiger partial charge in [0.2, 0.25) is 0 Å². The third-order valence-corrected chi connectivity index (χ3v) is 8.03. The lowest BCUT2D eigenvalue weighted by Crippen LogP contribution is -2.34. The summed E-state index contributed by atoms with van der Waals surface area (Å²) in [6.45, 7) is 5.00. The van der Waals surface area contributed by atoms with Crippen LogP contribution in [0.5, 0.6) is 11.5 Å². The summed E-state index contributed by atoms with van der Waals surface area (Å²) < 4.78 is 15.8. The molecule has 2 aromatic rings. The number of carbonyl (C=O) groups excluding carboxylic acids is 3. The normalized spacial score (nSPS) is 17.6. The fraction of sp³-hybridized carbons (Fsp3) is 0.531. The Morgan fingerprint density at radius 3 is 2.41 bits per heavy atom. The number of nitrogens with zero attached hydrogens (tertiary/aromatic N) is 1. The second-order valence-corrected chi connectivity index (χ2v) is 10.7. The van der Waals surface area contributed by atoms with Crippen LogP contribution in [0.2, 0.25) is 0 Å². The first kappa shape index (κ1) is 28.8. The van der Waals surface area contributed by atoms with Gasteiger partial charge in [0.05, 0.1) is 20.8 Å². The lowest BCUT2D eigenvalue weighted by molar-refractivity contribution is -0.143. The van der Waals surface area contributed by atoms with Gasteiger partial charge in [0, 0.05) is 36.4 Å². The number of benzene rings is 2. The second-order valence-electron chi connectivity index (χ2n) is 10.7. The van der Waals surface area contributed by atoms with E-state index in [1.165, 1.54) is 0 Å². The average molecular weight is 536 g/mol. The number of Topliss-reactive ketones (excluding diaryl/α,β-unsaturated/α-hetero) is 2. The van der Waals surface area contributed by atoms with Gasteiger partial charge in [-0.2, -0.15) is 0 Å². The van der Waals surface area contributed by atoms with Crippen molar-refractivity contribution in [1.82, 2.24) is 4.90 Å². The van der Waals surface area contributed by atoms with Gasteiger partial charge in [0.15, 0.2) is 23.1 Å². The predicted molar refractivity (Wildman–Crippen MR) is 150 cm³/mol. The number of rotatable bonds is 13. The van der Waals surface area contributed by atoms with Crippen molar-refractivity contribution in [1.29, 1.82) is 0 Å². The van der Waals surface area contributed by atoms with E-state index in [1.54, 1.807) is 21.1 Å². The molecule has 0 bridgehead atoms. The quantitative estimate of drug-likeness (QED) is 0.186. The molecule has 4 rings (SSSR count). The molecule has 1 atom stereocenters. The zero-order valence-corrected chi connectivity index (χ0v) is 23.5. The van der Waals surface area contributed by atoms with Crippen LogP contribution in [0.15, 0.2) is 36.4 Å². The third-order valence-electron chi connectivity index (χ3n) is 8.03. The van der Waals surface area contributed by atoms with Crippen LogP contribution in [0.1, 0.15) is 83.7 Å². The zero-order chi connectivity index (χ0) is 27.8. The molecular formula is C32H41NO6. The van der Waals surface area contributed by atoms with Crippen LogP contribution in [0.25, 0.3) is 0 Å². The average Bonchev–Trinajstić information content (AvgIpc) is 3.25. The van der Waals surface area contributed by atoms with Gasteiger partial charge in [0.25, 0.3) is 0 Å². The molecule has 39 heavy (non-hydrogen) atoms. The van der Waals surface area contributed by atoms with E-state index in [0.717, 1.165) is 67.6 Å². The summed E-state index contributed by atoms with van der Waals surface area (Å²) in [7, 11) is 3.22. The number of methoxy groups -OCH3 is 2. The van der Waals surface area contributed by atoms with Crippen molar-refractivity contribution in [2.45, 2.75) is 64.8 Å². The highest BCUT2D eigenvalue weighted by Crippen LogP contribution is 2.39. The van der Waals surface area contributed by atoms with E-state index >= 15 is 0 Å². The number of ether oxygens (including phenoxy) is 3. The molecule has 0 N–H and O–H groups in total. The highest BCUT2D eigenvalue weighted by atomic mass is 16.5. The molecule has 0 spiro atoms. The maximum Gasteiger partial charge on any atom is 0.305 e. The Labute approximate surface area is 231 Å². The summed E-state index contributed by atoms with van der Waals surface area (Å²) in [6, 6.07) is 11.7. The van der Waals surface area contributed by atoms with Crippen molar-refractivity contribution in [3.05, 3.63) is 58.7 Å². The molecular weight excluding hydrogens is 494 g/mol. The van der Waals surface area contributed by atoms with Gasteiger partial charge < -0.3 is 14.2 Å². The first-order valence-electron chi connectivity index (χ1n) is 14.2. The van der Waals surface area contributed by atoms with Gasteiger partial charge in [-0.1, -0.05) is 18.2 Å². The summed E-state index contributed by atoms with van der Waals surface area (Å²) in [5.74, 6) is 2.02. The Morgan fingerprint density at radius 1 is 0.974 bits per heavy atom. The van der Waals surface area contributed by atoms with Crippen LogP contribution >= 0.6 is 0 Å². The SMILES string of the molecule is CCOC(=O)CCCCC(=O)c1cccc(CN2CCC(CC3Cc4cc(OC)c(OC)cc4C3=O)CC2)c1. The molecule has 1 saturated heterocycles. The van der Waals surface area contributed by atoms with Gasteiger partial charge in [0.1, 0.15) is 0 Å². The molecule has 1 heterocycles. The number of hydrogen-bond acceptors (Lipinski definition) is 7. The fourth-order valence-corrected chi connectivity index (χ4v) is 5.90. The Balaban J connectivity index is 1.22. The van der Waals surface area contributed by atoms with Gasteiger partial charge in [-0.3, -0.25) is 19.3 Å². The fourth-order valence-electron chi connectivity index (χ4n) is 5.90. The van der Waals surface area contributed by atoms with Gasteiger partial charge in [-0.05, 0) is 93.8 Å². The summed E-state index contributed by atoms with van der Waals surface area (Å²) in [5, 5.41) is 0. The van der Waals surface area contributed by atoms with Crippen LogP contribution in [0.3, 0.4) is 0 Å². The van der Waals surface area contributed by atoms with E-state index in [4.69, 9.17) is 14.2 Å². The number of ketones is 2. The molecule has 210 valence electrons. The minimum atomic E-state index is -0.197. The topological polar surface area (TPSA) is 82.1 Å². The third kappa shape index (κ3) is 7.47. The molecule has 1 aliphatic heterocycles. The highest BCUT2D eigenvalue weighted by Gasteiger charge is 2.34. The van der Waals surface area contributed by atoms with Crippen molar-refractivity contribution in [2.75, 3.05) is 33.9 Å². The molecule has 7 nitrogen and oxygen atoms in total. The van der Waals surface area contributed by atoms with Crippen molar-refractivity contribution in [2.24, 2.45) is 11.8 Å². The van der Waals surface area contributed by atoms with Gasteiger partial charge in [-0.25, -0.2) is 0 Å². The number of hydrogen-bond donors (Lipinski definition) is 0. The van der Waals surface area contributed by atoms with E-state index < -0.39 is 0 Å². The molecule has 1 aliphatic carbocycles. The monoisotopic (exact) mass is 535 g/mol. The number of unbranched alkanes of at least 4 members (excludes halogenated alkanes) is 1. The lowest BCUT2D eigenvalue weighted by Gasteiger charge is -2.33. The summed E-state index contributed by atoms with van der Waals surface area (Å²) in [6.07, 6.45) is 6.01. The second kappa shape index (κ2) is 13.7. The first-order valence-corrected chi connectivity index (χ1v) is 14.2. The molecule has 2 aliphatic rings. The Kier molecular flexibility index (Phi) is 10.2. The van der Waals surface area contributed by atoms with Crippen LogP contribution < -0.4 is 9.47 Å². The maximum atomic E-state index is 13.1. The molecule has 1 fully saturated rings. The summed E-state index contributed by atoms with van der Waals surface area (Å²) in [5.41, 5.74) is 3.73. The van der Waals surface area contributed by atoms with Crippen LogP contribution in [-0.4, -0.2) is 56.4 Å². The van der Waals surface area contributed by atoms with Gasteiger partial charge in [-0.15, -0.1) is 0 Å². The molecule has 0 radical (unpaired) electrons. The standard InChI is InChI=1S/C32H41NO6/c1-4-39-31(35)11-6-5-10-28(34)24-9-7-8-23(17-24)21-33-14-12-22(13-15-33)16-26-18-25-19-29(37-2)30(38-3)20-27(25)32(26)36/h7-9,17,19-20,22,26H,4-6,10-16,18,21H2,1-3H3. The molecule has 7 heteroatoms. The number of piperidine rings is 1.